The van der Waals surface area contributed by atoms with E-state index in [4.69, 9.17) is 4.74 Å². The molecule has 0 radical (unpaired) electrons. The minimum absolute atomic E-state index is 0.0702. The molecule has 0 heterocycles. The third kappa shape index (κ3) is 7.44. The van der Waals surface area contributed by atoms with Gasteiger partial charge in [-0.05, 0) is 56.9 Å². The molecule has 21 heavy (non-hydrogen) atoms. The third-order valence-corrected chi connectivity index (χ3v) is 2.64. The quantitative estimate of drug-likeness (QED) is 0.887. The minimum atomic E-state index is -0.592. The molecule has 0 unspecified atom stereocenters. The zero-order valence-electron chi connectivity index (χ0n) is 12.6. The lowest BCUT2D eigenvalue weighted by molar-refractivity contribution is 0.0532. The Morgan fingerprint density at radius 1 is 1.38 bits per heavy atom. The molecule has 3 nitrogen and oxygen atoms in total. The van der Waals surface area contributed by atoms with Crippen molar-refractivity contribution in [3.8, 4) is 0 Å². The van der Waals surface area contributed by atoms with E-state index >= 15 is 0 Å². The van der Waals surface area contributed by atoms with Gasteiger partial charge in [-0.1, -0.05) is 12.1 Å². The molecule has 0 atom stereocenters. The third-order valence-electron chi connectivity index (χ3n) is 2.64. The Hall–Kier alpha value is -1.91. The first kappa shape index (κ1) is 17.1. The molecule has 0 saturated heterocycles. The van der Waals surface area contributed by atoms with Crippen molar-refractivity contribution in [3.05, 3.63) is 47.5 Å². The van der Waals surface area contributed by atoms with E-state index in [9.17, 15) is 13.6 Å². The number of nitrogens with one attached hydrogen (secondary N) is 1. The summed E-state index contributed by atoms with van der Waals surface area (Å²) in [7, 11) is 0. The van der Waals surface area contributed by atoms with Crippen LogP contribution in [0.1, 0.15) is 32.8 Å². The van der Waals surface area contributed by atoms with Crippen molar-refractivity contribution in [2.75, 3.05) is 6.54 Å². The molecule has 0 aliphatic heterocycles. The number of carbonyl (C=O) groups excluding carboxylic acids is 1. The lowest BCUT2D eigenvalue weighted by Gasteiger charge is -2.20. The highest BCUT2D eigenvalue weighted by Gasteiger charge is 2.15. The summed E-state index contributed by atoms with van der Waals surface area (Å²) in [5.41, 5.74) is 0.613. The molecule has 0 bridgehead atoms. The second kappa shape index (κ2) is 7.76. The molecule has 1 aromatic carbocycles. The molecular weight excluding hydrogens is 276 g/mol. The van der Waals surface area contributed by atoms with Crippen LogP contribution in [0.15, 0.2) is 36.2 Å². The maximum absolute atomic E-state index is 13.0. The predicted molar refractivity (Wildman–Crippen MR) is 78.1 cm³/mol. The molecule has 0 aromatic heterocycles. The monoisotopic (exact) mass is 297 g/mol. The Morgan fingerprint density at radius 3 is 2.67 bits per heavy atom. The van der Waals surface area contributed by atoms with Crippen molar-refractivity contribution in [2.45, 2.75) is 39.2 Å². The Morgan fingerprint density at radius 2 is 2.10 bits per heavy atom. The zero-order valence-corrected chi connectivity index (χ0v) is 12.6. The van der Waals surface area contributed by atoms with Crippen molar-refractivity contribution in [2.24, 2.45) is 0 Å². The first-order valence-electron chi connectivity index (χ1n) is 6.79. The van der Waals surface area contributed by atoms with E-state index in [1.54, 1.807) is 32.9 Å². The first-order chi connectivity index (χ1) is 9.80. The van der Waals surface area contributed by atoms with Crippen LogP contribution >= 0.6 is 0 Å². The van der Waals surface area contributed by atoms with Crippen LogP contribution in [0.2, 0.25) is 0 Å². The normalized spacial score (nSPS) is 12.1. The van der Waals surface area contributed by atoms with Crippen LogP contribution in [-0.4, -0.2) is 18.2 Å². The van der Waals surface area contributed by atoms with Crippen molar-refractivity contribution in [3.63, 3.8) is 0 Å². The number of amides is 1. The summed E-state index contributed by atoms with van der Waals surface area (Å²) in [6.45, 7) is 5.33. The van der Waals surface area contributed by atoms with Gasteiger partial charge in [-0.25, -0.2) is 13.6 Å². The second-order valence-electron chi connectivity index (χ2n) is 5.75. The smallest absolute Gasteiger partial charge is 0.407 e. The summed E-state index contributed by atoms with van der Waals surface area (Å²) >= 11 is 0. The van der Waals surface area contributed by atoms with Gasteiger partial charge in [-0.2, -0.15) is 0 Å². The van der Waals surface area contributed by atoms with Crippen LogP contribution in [0.25, 0.3) is 0 Å². The summed E-state index contributed by atoms with van der Waals surface area (Å²) in [4.78, 5) is 11.5. The number of alkyl carbamates (subject to hydrolysis) is 1. The number of hydrogen-bond donors (Lipinski definition) is 1. The van der Waals surface area contributed by atoms with E-state index in [1.807, 2.05) is 0 Å². The molecule has 1 amide bonds. The zero-order chi connectivity index (χ0) is 15.9. The standard InChI is InChI=1S/C16H21F2NO2/c1-16(2,3)21-15(20)19-11-13(10-17)8-7-12-5-4-6-14(18)9-12/h4-6,9-10H,7-8,11H2,1-3H3,(H,19,20)/b13-10-. The average Bonchev–Trinajstić information content (AvgIpc) is 2.37. The van der Waals surface area contributed by atoms with Crippen molar-refractivity contribution < 1.29 is 18.3 Å². The van der Waals surface area contributed by atoms with E-state index in [0.717, 1.165) is 5.56 Å². The summed E-state index contributed by atoms with van der Waals surface area (Å²) < 4.78 is 30.9. The Labute approximate surface area is 124 Å². The van der Waals surface area contributed by atoms with Crippen molar-refractivity contribution in [1.29, 1.82) is 0 Å². The van der Waals surface area contributed by atoms with Gasteiger partial charge in [0.15, 0.2) is 0 Å². The number of halogens is 2. The summed E-state index contributed by atoms with van der Waals surface area (Å²) in [6.07, 6.45) is 0.781. The fraction of sp³-hybridized carbons (Fsp3) is 0.438. The molecule has 0 spiro atoms. The molecule has 1 aromatic rings. The predicted octanol–water partition coefficient (Wildman–Crippen LogP) is 4.14. The molecule has 1 N–H and O–H groups in total. The minimum Gasteiger partial charge on any atom is -0.444 e. The van der Waals surface area contributed by atoms with E-state index in [0.29, 0.717) is 24.7 Å². The first-order valence-corrected chi connectivity index (χ1v) is 6.79. The maximum Gasteiger partial charge on any atom is 0.407 e. The van der Waals surface area contributed by atoms with Crippen LogP contribution in [0.4, 0.5) is 13.6 Å². The number of ether oxygens (including phenoxy) is 1. The van der Waals surface area contributed by atoms with E-state index in [2.05, 4.69) is 5.32 Å². The van der Waals surface area contributed by atoms with Gasteiger partial charge in [0.2, 0.25) is 0 Å². The van der Waals surface area contributed by atoms with Crippen LogP contribution in [-0.2, 0) is 11.2 Å². The number of hydrogen-bond acceptors (Lipinski definition) is 2. The van der Waals surface area contributed by atoms with Gasteiger partial charge in [0.05, 0.1) is 6.33 Å². The van der Waals surface area contributed by atoms with E-state index in [1.165, 1.54) is 12.1 Å². The molecule has 0 aliphatic carbocycles. The second-order valence-corrected chi connectivity index (χ2v) is 5.75. The average molecular weight is 297 g/mol. The molecule has 0 aliphatic rings. The number of carbonyl (C=O) groups is 1. The Balaban J connectivity index is 2.41. The highest BCUT2D eigenvalue weighted by Crippen LogP contribution is 2.11. The van der Waals surface area contributed by atoms with E-state index in [-0.39, 0.29) is 12.4 Å². The van der Waals surface area contributed by atoms with Gasteiger partial charge in [0, 0.05) is 6.54 Å². The molecular formula is C16H21F2NO2. The Kier molecular flexibility index (Phi) is 6.34. The molecule has 0 fully saturated rings. The summed E-state index contributed by atoms with van der Waals surface area (Å²) in [5, 5.41) is 2.49. The number of benzene rings is 1. The molecule has 1 rings (SSSR count). The van der Waals surface area contributed by atoms with E-state index < -0.39 is 11.7 Å². The summed E-state index contributed by atoms with van der Waals surface area (Å²) in [6, 6.07) is 6.17. The van der Waals surface area contributed by atoms with Crippen LogP contribution in [0.3, 0.4) is 0 Å². The Bertz CT molecular complexity index is 507. The van der Waals surface area contributed by atoms with Gasteiger partial charge in [-0.3, -0.25) is 0 Å². The maximum atomic E-state index is 13.0. The molecule has 5 heteroatoms. The van der Waals surface area contributed by atoms with Gasteiger partial charge < -0.3 is 10.1 Å². The van der Waals surface area contributed by atoms with Crippen LogP contribution in [0.5, 0.6) is 0 Å². The molecule has 116 valence electrons. The lowest BCUT2D eigenvalue weighted by atomic mass is 10.1. The van der Waals surface area contributed by atoms with Crippen LogP contribution in [0, 0.1) is 5.82 Å². The largest absolute Gasteiger partial charge is 0.444 e. The topological polar surface area (TPSA) is 38.3 Å². The van der Waals surface area contributed by atoms with Crippen molar-refractivity contribution in [1.82, 2.24) is 5.32 Å². The summed E-state index contributed by atoms with van der Waals surface area (Å²) in [5.74, 6) is -0.315. The lowest BCUT2D eigenvalue weighted by Crippen LogP contribution is -2.33. The highest BCUT2D eigenvalue weighted by atomic mass is 19.1. The van der Waals surface area contributed by atoms with Gasteiger partial charge in [0.25, 0.3) is 0 Å². The fourth-order valence-corrected chi connectivity index (χ4v) is 1.68. The van der Waals surface area contributed by atoms with Gasteiger partial charge >= 0.3 is 6.09 Å². The SMILES string of the molecule is CC(C)(C)OC(=O)NC/C(=C\F)CCc1cccc(F)c1. The number of rotatable bonds is 5. The van der Waals surface area contributed by atoms with Gasteiger partial charge in [-0.15, -0.1) is 0 Å². The van der Waals surface area contributed by atoms with Crippen molar-refractivity contribution >= 4 is 6.09 Å². The van der Waals surface area contributed by atoms with Crippen LogP contribution < -0.4 is 5.32 Å². The van der Waals surface area contributed by atoms with Gasteiger partial charge in [0.1, 0.15) is 11.4 Å². The molecule has 0 saturated carbocycles. The fourth-order valence-electron chi connectivity index (χ4n) is 1.68. The highest BCUT2D eigenvalue weighted by molar-refractivity contribution is 5.68. The number of aryl methyl sites for hydroxylation is 1.